The Bertz CT molecular complexity index is 892. The highest BCUT2D eigenvalue weighted by molar-refractivity contribution is 5.91. The van der Waals surface area contributed by atoms with Crippen LogP contribution in [0.1, 0.15) is 78.6 Å². The molecular weight excluding hydrogens is 450 g/mol. The number of alkyl halides is 1. The highest BCUT2D eigenvalue weighted by atomic mass is 19.1. The molecule has 1 heterocycles. The van der Waals surface area contributed by atoms with Crippen molar-refractivity contribution in [2.45, 2.75) is 90.3 Å². The van der Waals surface area contributed by atoms with Gasteiger partial charge in [0.2, 0.25) is 11.8 Å². The van der Waals surface area contributed by atoms with Gasteiger partial charge in [0.15, 0.2) is 0 Å². The quantitative estimate of drug-likeness (QED) is 0.599. The van der Waals surface area contributed by atoms with Crippen LogP contribution in [0.3, 0.4) is 0 Å². The van der Waals surface area contributed by atoms with Gasteiger partial charge in [0, 0.05) is 43.3 Å². The lowest BCUT2D eigenvalue weighted by molar-refractivity contribution is -0.149. The molecule has 2 saturated carbocycles. The van der Waals surface area contributed by atoms with E-state index in [1.807, 2.05) is 20.8 Å². The monoisotopic (exact) mass is 490 g/mol. The van der Waals surface area contributed by atoms with Crippen LogP contribution in [0, 0.1) is 29.1 Å². The first kappa shape index (κ1) is 26.0. The van der Waals surface area contributed by atoms with E-state index in [9.17, 15) is 23.2 Å². The van der Waals surface area contributed by atoms with Gasteiger partial charge in [-0.1, -0.05) is 25.3 Å². The molecule has 0 aromatic carbocycles. The van der Waals surface area contributed by atoms with Gasteiger partial charge in [0.05, 0.1) is 5.41 Å². The normalized spacial score (nSPS) is 31.9. The van der Waals surface area contributed by atoms with E-state index in [0.29, 0.717) is 31.8 Å². The molecule has 4 atom stereocenters. The number of carbonyl (C=O) groups excluding carboxylic acids is 3. The van der Waals surface area contributed by atoms with Crippen molar-refractivity contribution in [1.29, 1.82) is 0 Å². The first-order valence-corrected chi connectivity index (χ1v) is 13.3. The molecule has 5 nitrogen and oxygen atoms in total. The molecule has 0 radical (unpaired) electrons. The molecule has 3 fully saturated rings. The molecule has 1 aliphatic heterocycles. The van der Waals surface area contributed by atoms with Crippen LogP contribution < -0.4 is 5.32 Å². The van der Waals surface area contributed by atoms with Crippen LogP contribution in [0.2, 0.25) is 0 Å². The highest BCUT2D eigenvalue weighted by Gasteiger charge is 2.51. The van der Waals surface area contributed by atoms with Crippen LogP contribution in [-0.2, 0) is 14.4 Å². The van der Waals surface area contributed by atoms with Gasteiger partial charge in [0.25, 0.3) is 0 Å². The van der Waals surface area contributed by atoms with Gasteiger partial charge >= 0.3 is 0 Å². The van der Waals surface area contributed by atoms with Gasteiger partial charge in [-0.05, 0) is 70.4 Å². The summed E-state index contributed by atoms with van der Waals surface area (Å²) < 4.78 is 28.1. The first-order chi connectivity index (χ1) is 16.5. The van der Waals surface area contributed by atoms with Gasteiger partial charge < -0.3 is 10.2 Å². The Kier molecular flexibility index (Phi) is 7.54. The molecule has 2 amide bonds. The Morgan fingerprint density at radius 1 is 1.09 bits per heavy atom. The smallest absolute Gasteiger partial charge is 0.227 e. The lowest BCUT2D eigenvalue weighted by Gasteiger charge is -2.48. The molecule has 2 unspecified atom stereocenters. The van der Waals surface area contributed by atoms with Gasteiger partial charge in [-0.3, -0.25) is 14.4 Å². The Morgan fingerprint density at radius 3 is 2.34 bits per heavy atom. The van der Waals surface area contributed by atoms with E-state index in [1.54, 1.807) is 4.90 Å². The minimum atomic E-state index is -1.53. The minimum Gasteiger partial charge on any atom is -0.351 e. The summed E-state index contributed by atoms with van der Waals surface area (Å²) in [6, 6.07) is 0. The van der Waals surface area contributed by atoms with Gasteiger partial charge in [-0.2, -0.15) is 0 Å². The van der Waals surface area contributed by atoms with Crippen molar-refractivity contribution in [3.8, 4) is 0 Å². The maximum absolute atomic E-state index is 14.6. The molecule has 4 aliphatic rings. The number of halogens is 2. The van der Waals surface area contributed by atoms with Crippen LogP contribution in [0.5, 0.6) is 0 Å². The number of ketones is 1. The fourth-order valence-electron chi connectivity index (χ4n) is 6.87. The molecule has 0 aromatic heterocycles. The van der Waals surface area contributed by atoms with Gasteiger partial charge in [0.1, 0.15) is 17.8 Å². The summed E-state index contributed by atoms with van der Waals surface area (Å²) in [6.45, 7) is 6.92. The molecule has 0 aromatic rings. The van der Waals surface area contributed by atoms with Crippen molar-refractivity contribution in [3.63, 3.8) is 0 Å². The topological polar surface area (TPSA) is 66.5 Å². The summed E-state index contributed by atoms with van der Waals surface area (Å²) in [6.07, 6.45) is 9.16. The number of rotatable bonds is 4. The van der Waals surface area contributed by atoms with E-state index in [4.69, 9.17) is 0 Å². The van der Waals surface area contributed by atoms with Crippen molar-refractivity contribution in [1.82, 2.24) is 10.2 Å². The minimum absolute atomic E-state index is 0.0397. The number of allylic oxidation sites excluding steroid dienone is 4. The zero-order valence-electron chi connectivity index (χ0n) is 21.3. The number of nitrogens with zero attached hydrogens (tertiary/aromatic N) is 1. The van der Waals surface area contributed by atoms with E-state index in [-0.39, 0.29) is 36.0 Å². The molecule has 1 N–H and O–H groups in total. The van der Waals surface area contributed by atoms with Crippen LogP contribution >= 0.6 is 0 Å². The van der Waals surface area contributed by atoms with Crippen molar-refractivity contribution < 1.29 is 23.2 Å². The zero-order valence-corrected chi connectivity index (χ0v) is 21.3. The molecule has 0 spiro atoms. The Balaban J connectivity index is 1.48. The molecule has 35 heavy (non-hydrogen) atoms. The Labute approximate surface area is 207 Å². The Morgan fingerprint density at radius 2 is 1.74 bits per heavy atom. The van der Waals surface area contributed by atoms with E-state index in [0.717, 1.165) is 31.8 Å². The summed E-state index contributed by atoms with van der Waals surface area (Å²) in [5, 5.41) is 3.22. The third-order valence-electron chi connectivity index (χ3n) is 8.70. The molecule has 0 bridgehead atoms. The third-order valence-corrected chi connectivity index (χ3v) is 8.70. The number of hydrogen-bond acceptors (Lipinski definition) is 3. The summed E-state index contributed by atoms with van der Waals surface area (Å²) in [5.41, 5.74) is -0.804. The average Bonchev–Trinajstić information content (AvgIpc) is 3.19. The van der Waals surface area contributed by atoms with E-state index < -0.39 is 35.2 Å². The van der Waals surface area contributed by atoms with Crippen LogP contribution in [0.25, 0.3) is 0 Å². The van der Waals surface area contributed by atoms with E-state index in [1.165, 1.54) is 18.6 Å². The highest BCUT2D eigenvalue weighted by Crippen LogP contribution is 2.47. The summed E-state index contributed by atoms with van der Waals surface area (Å²) in [5.74, 6) is -2.08. The third kappa shape index (κ3) is 5.54. The van der Waals surface area contributed by atoms with Crippen molar-refractivity contribution in [2.24, 2.45) is 29.1 Å². The number of nitrogens with one attached hydrogen (secondary N) is 1. The number of amides is 2. The summed E-state index contributed by atoms with van der Waals surface area (Å²) >= 11 is 0. The average molecular weight is 491 g/mol. The van der Waals surface area contributed by atoms with Crippen molar-refractivity contribution >= 4 is 17.6 Å². The first-order valence-electron chi connectivity index (χ1n) is 13.3. The van der Waals surface area contributed by atoms with Crippen molar-refractivity contribution in [3.05, 3.63) is 24.1 Å². The molecule has 194 valence electrons. The lowest BCUT2D eigenvalue weighted by atomic mass is 9.63. The maximum atomic E-state index is 14.6. The molecule has 1 saturated heterocycles. The van der Waals surface area contributed by atoms with Gasteiger partial charge in [-0.15, -0.1) is 0 Å². The lowest BCUT2D eigenvalue weighted by Crippen LogP contribution is -2.57. The maximum Gasteiger partial charge on any atom is 0.227 e. The second-order valence-electron chi connectivity index (χ2n) is 12.2. The summed E-state index contributed by atoms with van der Waals surface area (Å²) in [4.78, 5) is 41.3. The van der Waals surface area contributed by atoms with Gasteiger partial charge in [-0.25, -0.2) is 8.78 Å². The number of carbonyl (C=O) groups is 3. The second-order valence-corrected chi connectivity index (χ2v) is 12.2. The van der Waals surface area contributed by atoms with E-state index in [2.05, 4.69) is 5.32 Å². The molecule has 3 aliphatic carbocycles. The molecule has 7 heteroatoms. The second kappa shape index (κ2) is 10.1. The van der Waals surface area contributed by atoms with Crippen molar-refractivity contribution in [2.75, 3.05) is 13.1 Å². The fraction of sp³-hybridized carbons (Fsp3) is 0.750. The number of Topliss-reactive ketones (excluding diaryl/α,β-unsaturated/α-hetero) is 1. The zero-order chi connectivity index (χ0) is 25.4. The molecular formula is C28H40F2N2O3. The standard InChI is InChI=1S/C28H40F2N2O3/c1-27(2,3)31-26(35)28(18-7-5-4-6-8-18)11-13-32(14-12-28)25(34)23-17-20(33)16-22(23)21-10-9-19(29)15-24(21)30/h9-10,15,18,21-24H,4-8,11-14,16-17H2,1-3H3,(H,31,35)/t21?,22-,23+,24?/m0/s1. The number of piperidine rings is 1. The van der Waals surface area contributed by atoms with Crippen LogP contribution in [-0.4, -0.2) is 47.3 Å². The predicted octanol–water partition coefficient (Wildman–Crippen LogP) is 5.06. The van der Waals surface area contributed by atoms with Crippen LogP contribution in [0.4, 0.5) is 8.78 Å². The Hall–Kier alpha value is -2.05. The summed E-state index contributed by atoms with van der Waals surface area (Å²) in [7, 11) is 0. The largest absolute Gasteiger partial charge is 0.351 e. The number of hydrogen-bond donors (Lipinski definition) is 1. The SMILES string of the molecule is CC(C)(C)NC(=O)C1(C2CCCCC2)CCN(C(=O)[C@@H]2CC(=O)C[C@H]2C2C=CC(F)=CC2F)CC1. The number of likely N-dealkylation sites (tertiary alicyclic amines) is 1. The van der Waals surface area contributed by atoms with Crippen LogP contribution in [0.15, 0.2) is 24.1 Å². The van der Waals surface area contributed by atoms with E-state index >= 15 is 0 Å². The predicted molar refractivity (Wildman–Crippen MR) is 131 cm³/mol. The molecule has 4 rings (SSSR count). The fourth-order valence-corrected chi connectivity index (χ4v) is 6.87.